The molecule has 0 aliphatic carbocycles. The van der Waals surface area contributed by atoms with Gasteiger partial charge in [0.25, 0.3) is 10.1 Å². The second-order valence-corrected chi connectivity index (χ2v) is 11.0. The molecule has 0 aliphatic heterocycles. The van der Waals surface area contributed by atoms with E-state index >= 15 is 0 Å². The number of anilines is 1. The zero-order chi connectivity index (χ0) is 22.9. The number of amides is 1. The third-order valence-corrected chi connectivity index (χ3v) is 5.73. The van der Waals surface area contributed by atoms with E-state index in [4.69, 9.17) is 4.55 Å². The molecule has 0 atom stereocenters. The maximum Gasteiger partial charge on any atom is 0.294 e. The van der Waals surface area contributed by atoms with E-state index in [1.54, 1.807) is 0 Å². The summed E-state index contributed by atoms with van der Waals surface area (Å²) in [6.45, 7) is 12.3. The third kappa shape index (κ3) is 6.06. The zero-order valence-corrected chi connectivity index (χ0v) is 19.2. The van der Waals surface area contributed by atoms with Gasteiger partial charge in [-0.1, -0.05) is 53.7 Å². The summed E-state index contributed by atoms with van der Waals surface area (Å²) in [6, 6.07) is 9.23. The molecule has 3 N–H and O–H groups in total. The second-order valence-electron chi connectivity index (χ2n) is 9.59. The van der Waals surface area contributed by atoms with Crippen LogP contribution in [0.5, 0.6) is 5.75 Å². The summed E-state index contributed by atoms with van der Waals surface area (Å²) in [5.74, 6) is 0.0967. The van der Waals surface area contributed by atoms with Crippen LogP contribution in [0.4, 0.5) is 5.69 Å². The zero-order valence-electron chi connectivity index (χ0n) is 18.4. The summed E-state index contributed by atoms with van der Waals surface area (Å²) in [6.07, 6.45) is 0.735. The van der Waals surface area contributed by atoms with Crippen LogP contribution in [-0.2, 0) is 32.2 Å². The summed E-state index contributed by atoms with van der Waals surface area (Å²) in [4.78, 5) is 12.1. The number of aromatic hydroxyl groups is 1. The van der Waals surface area contributed by atoms with Gasteiger partial charge in [0, 0.05) is 12.1 Å². The van der Waals surface area contributed by atoms with E-state index in [2.05, 4.69) is 5.32 Å². The highest BCUT2D eigenvalue weighted by atomic mass is 32.2. The average Bonchev–Trinajstić information content (AvgIpc) is 2.58. The molecule has 2 aromatic carbocycles. The molecule has 1 amide bonds. The van der Waals surface area contributed by atoms with Gasteiger partial charge in [-0.05, 0) is 58.2 Å². The van der Waals surface area contributed by atoms with E-state index < -0.39 is 10.1 Å². The fourth-order valence-electron chi connectivity index (χ4n) is 3.17. The minimum atomic E-state index is -4.26. The first-order valence-electron chi connectivity index (χ1n) is 9.83. The Morgan fingerprint density at radius 2 is 1.40 bits per heavy atom. The topological polar surface area (TPSA) is 104 Å². The van der Waals surface area contributed by atoms with Crippen LogP contribution in [-0.4, -0.2) is 24.0 Å². The van der Waals surface area contributed by atoms with Crippen LogP contribution in [0, 0.1) is 0 Å². The number of carbonyl (C=O) groups is 1. The van der Waals surface area contributed by atoms with Crippen molar-refractivity contribution in [3.63, 3.8) is 0 Å². The first-order valence-corrected chi connectivity index (χ1v) is 11.3. The van der Waals surface area contributed by atoms with Crippen molar-refractivity contribution in [2.45, 2.75) is 70.1 Å². The lowest BCUT2D eigenvalue weighted by Crippen LogP contribution is -2.18. The van der Waals surface area contributed by atoms with Crippen molar-refractivity contribution >= 4 is 21.7 Å². The normalized spacial score (nSPS) is 12.6. The Morgan fingerprint density at radius 3 is 1.80 bits per heavy atom. The maximum atomic E-state index is 12.4. The molecule has 164 valence electrons. The van der Waals surface area contributed by atoms with Gasteiger partial charge in [0.2, 0.25) is 5.91 Å². The Morgan fingerprint density at radius 1 is 0.933 bits per heavy atom. The number of nitrogens with one attached hydrogen (secondary N) is 1. The molecule has 2 rings (SSSR count). The molecule has 2 aromatic rings. The van der Waals surface area contributed by atoms with Gasteiger partial charge in [-0.25, -0.2) is 0 Å². The molecule has 0 bridgehead atoms. The molecular formula is C23H31NO5S. The highest BCUT2D eigenvalue weighted by Gasteiger charge is 2.26. The summed E-state index contributed by atoms with van der Waals surface area (Å²) < 4.78 is 31.2. The van der Waals surface area contributed by atoms with Crippen LogP contribution in [0.25, 0.3) is 0 Å². The molecular weight excluding hydrogens is 402 g/mol. The van der Waals surface area contributed by atoms with Crippen molar-refractivity contribution in [2.24, 2.45) is 0 Å². The van der Waals surface area contributed by atoms with E-state index in [1.807, 2.05) is 53.7 Å². The minimum Gasteiger partial charge on any atom is -0.507 e. The SMILES string of the molecule is CC(C)(C)c1cc(CCC(=O)Nc2ccc(S(=O)(=O)O)cc2)cc(C(C)(C)C)c1O. The molecule has 0 heterocycles. The van der Waals surface area contributed by atoms with Gasteiger partial charge in [0.15, 0.2) is 0 Å². The number of rotatable bonds is 5. The molecule has 6 nitrogen and oxygen atoms in total. The Labute approximate surface area is 179 Å². The van der Waals surface area contributed by atoms with E-state index in [-0.39, 0.29) is 28.1 Å². The van der Waals surface area contributed by atoms with Crippen LogP contribution in [0.3, 0.4) is 0 Å². The number of aryl methyl sites for hydroxylation is 1. The number of carbonyl (C=O) groups excluding carboxylic acids is 1. The Bertz CT molecular complexity index is 992. The van der Waals surface area contributed by atoms with Crippen LogP contribution in [0.1, 0.15) is 64.7 Å². The number of phenolic OH excluding ortho intramolecular Hbond substituents is 1. The lowest BCUT2D eigenvalue weighted by Gasteiger charge is -2.28. The maximum absolute atomic E-state index is 12.4. The number of hydrogen-bond donors (Lipinski definition) is 3. The van der Waals surface area contributed by atoms with Gasteiger partial charge in [-0.3, -0.25) is 9.35 Å². The van der Waals surface area contributed by atoms with Crippen molar-refractivity contribution in [1.29, 1.82) is 0 Å². The molecule has 7 heteroatoms. The summed E-state index contributed by atoms with van der Waals surface area (Å²) >= 11 is 0. The molecule has 0 saturated heterocycles. The second kappa shape index (κ2) is 8.40. The lowest BCUT2D eigenvalue weighted by molar-refractivity contribution is -0.116. The predicted octanol–water partition coefficient (Wildman–Crippen LogP) is 4.81. The average molecular weight is 434 g/mol. The van der Waals surface area contributed by atoms with Crippen LogP contribution >= 0.6 is 0 Å². The van der Waals surface area contributed by atoms with E-state index in [1.165, 1.54) is 24.3 Å². The molecule has 0 radical (unpaired) electrons. The summed E-state index contributed by atoms with van der Waals surface area (Å²) in [5.41, 5.74) is 2.65. The standard InChI is InChI=1S/C23H31NO5S/c1-22(2,3)18-13-15(14-19(21(18)26)23(4,5)6)7-12-20(25)24-16-8-10-17(11-9-16)30(27,28)29/h8-11,13-14,26H,7,12H2,1-6H3,(H,24,25)(H,27,28,29). The molecule has 0 unspecified atom stereocenters. The van der Waals surface area contributed by atoms with Gasteiger partial charge < -0.3 is 10.4 Å². The predicted molar refractivity (Wildman–Crippen MR) is 119 cm³/mol. The fraction of sp³-hybridized carbons (Fsp3) is 0.435. The lowest BCUT2D eigenvalue weighted by atomic mass is 9.78. The highest BCUT2D eigenvalue weighted by Crippen LogP contribution is 2.40. The molecule has 0 spiro atoms. The molecule has 0 aromatic heterocycles. The van der Waals surface area contributed by atoms with Crippen molar-refractivity contribution in [1.82, 2.24) is 0 Å². The summed E-state index contributed by atoms with van der Waals surface area (Å²) in [7, 11) is -4.26. The van der Waals surface area contributed by atoms with Crippen molar-refractivity contribution in [3.05, 3.63) is 53.1 Å². The molecule has 0 aliphatic rings. The van der Waals surface area contributed by atoms with Crippen molar-refractivity contribution < 1.29 is 22.9 Å². The summed E-state index contributed by atoms with van der Waals surface area (Å²) in [5, 5.41) is 13.5. The van der Waals surface area contributed by atoms with Crippen molar-refractivity contribution in [3.8, 4) is 5.75 Å². The van der Waals surface area contributed by atoms with E-state index in [0.29, 0.717) is 17.9 Å². The fourth-order valence-corrected chi connectivity index (χ4v) is 3.65. The van der Waals surface area contributed by atoms with Gasteiger partial charge in [0.05, 0.1) is 4.90 Å². The molecule has 30 heavy (non-hydrogen) atoms. The van der Waals surface area contributed by atoms with Gasteiger partial charge >= 0.3 is 0 Å². The molecule has 0 saturated carbocycles. The van der Waals surface area contributed by atoms with E-state index in [0.717, 1.165) is 16.7 Å². The largest absolute Gasteiger partial charge is 0.507 e. The first kappa shape index (κ1) is 23.9. The third-order valence-electron chi connectivity index (χ3n) is 4.86. The van der Waals surface area contributed by atoms with E-state index in [9.17, 15) is 18.3 Å². The Hall–Kier alpha value is -2.38. The Kier molecular flexibility index (Phi) is 6.69. The number of phenols is 1. The van der Waals surface area contributed by atoms with Gasteiger partial charge in [-0.15, -0.1) is 0 Å². The number of hydrogen-bond acceptors (Lipinski definition) is 4. The smallest absolute Gasteiger partial charge is 0.294 e. The quantitative estimate of drug-likeness (QED) is 0.587. The first-order chi connectivity index (χ1) is 13.6. The van der Waals surface area contributed by atoms with Gasteiger partial charge in [-0.2, -0.15) is 8.42 Å². The highest BCUT2D eigenvalue weighted by molar-refractivity contribution is 7.85. The van der Waals surface area contributed by atoms with Crippen molar-refractivity contribution in [2.75, 3.05) is 5.32 Å². The Balaban J connectivity index is 2.17. The van der Waals surface area contributed by atoms with Crippen LogP contribution in [0.15, 0.2) is 41.3 Å². The van der Waals surface area contributed by atoms with Crippen LogP contribution in [0.2, 0.25) is 0 Å². The number of benzene rings is 2. The van der Waals surface area contributed by atoms with Crippen LogP contribution < -0.4 is 5.32 Å². The monoisotopic (exact) mass is 433 g/mol. The molecule has 0 fully saturated rings. The minimum absolute atomic E-state index is 0.211. The van der Waals surface area contributed by atoms with Gasteiger partial charge in [0.1, 0.15) is 5.75 Å².